The van der Waals surface area contributed by atoms with Crippen molar-refractivity contribution in [2.75, 3.05) is 13.2 Å². The van der Waals surface area contributed by atoms with Crippen LogP contribution in [-0.2, 0) is 14.3 Å². The topological polar surface area (TPSA) is 125 Å². The van der Waals surface area contributed by atoms with Gasteiger partial charge in [0.05, 0.1) is 6.54 Å². The molecule has 2 aromatic carbocycles. The van der Waals surface area contributed by atoms with E-state index in [1.807, 2.05) is 24.3 Å². The van der Waals surface area contributed by atoms with Gasteiger partial charge in [-0.05, 0) is 54.4 Å². The molecule has 2 aliphatic carbocycles. The van der Waals surface area contributed by atoms with Crippen molar-refractivity contribution in [1.82, 2.24) is 10.6 Å². The molecule has 4 rings (SSSR count). The van der Waals surface area contributed by atoms with Crippen molar-refractivity contribution in [2.24, 2.45) is 5.92 Å². The lowest BCUT2D eigenvalue weighted by molar-refractivity contribution is -0.156. The molecule has 1 saturated carbocycles. The number of carbonyl (C=O) groups is 3. The Hall–Kier alpha value is -3.39. The van der Waals surface area contributed by atoms with Crippen LogP contribution < -0.4 is 10.6 Å². The van der Waals surface area contributed by atoms with Crippen LogP contribution in [0.25, 0.3) is 11.1 Å². The van der Waals surface area contributed by atoms with Gasteiger partial charge in [-0.2, -0.15) is 0 Å². The summed E-state index contributed by atoms with van der Waals surface area (Å²) in [6, 6.07) is 16.3. The minimum atomic E-state index is -2.00. The minimum Gasteiger partial charge on any atom is -0.479 e. The Morgan fingerprint density at radius 1 is 1.03 bits per heavy atom. The molecule has 0 bridgehead atoms. The third-order valence-corrected chi connectivity index (χ3v) is 6.77. The van der Waals surface area contributed by atoms with Crippen LogP contribution in [0.4, 0.5) is 4.79 Å². The number of nitrogens with one attached hydrogen (secondary N) is 2. The van der Waals surface area contributed by atoms with Gasteiger partial charge in [-0.1, -0.05) is 48.5 Å². The lowest BCUT2D eigenvalue weighted by Gasteiger charge is -2.19. The van der Waals surface area contributed by atoms with Crippen LogP contribution in [-0.4, -0.2) is 53.0 Å². The average molecular weight is 467 g/mol. The Morgan fingerprint density at radius 2 is 1.65 bits per heavy atom. The summed E-state index contributed by atoms with van der Waals surface area (Å²) in [5.74, 6) is -1.62. The lowest BCUT2D eigenvalue weighted by Crippen LogP contribution is -2.46. The number of fused-ring (bicyclic) bond motifs is 3. The highest BCUT2D eigenvalue weighted by molar-refractivity contribution is 5.80. The van der Waals surface area contributed by atoms with Gasteiger partial charge in [0.1, 0.15) is 6.61 Å². The minimum absolute atomic E-state index is 0.00110. The molecule has 0 saturated heterocycles. The van der Waals surface area contributed by atoms with Crippen molar-refractivity contribution in [3.05, 3.63) is 59.7 Å². The molecule has 8 heteroatoms. The molecule has 2 amide bonds. The van der Waals surface area contributed by atoms with Crippen LogP contribution in [0.2, 0.25) is 0 Å². The SMILES string of the molecule is CC(O)(CNC(=O)C[C@@H]1CC[C@H](NC(=O)OCC2c3ccccc3-c3ccccc32)C1)C(=O)O. The van der Waals surface area contributed by atoms with E-state index in [-0.39, 0.29) is 43.4 Å². The zero-order chi connectivity index (χ0) is 24.3. The third-order valence-electron chi connectivity index (χ3n) is 6.77. The summed E-state index contributed by atoms with van der Waals surface area (Å²) in [5, 5.41) is 24.0. The summed E-state index contributed by atoms with van der Waals surface area (Å²) in [5.41, 5.74) is 2.66. The van der Waals surface area contributed by atoms with Crippen LogP contribution in [0.1, 0.15) is 49.7 Å². The summed E-state index contributed by atoms with van der Waals surface area (Å²) in [6.07, 6.45) is 1.92. The number of aliphatic hydroxyl groups is 1. The Balaban J connectivity index is 1.24. The highest BCUT2D eigenvalue weighted by atomic mass is 16.5. The zero-order valence-electron chi connectivity index (χ0n) is 19.1. The van der Waals surface area contributed by atoms with Crippen LogP contribution in [0.5, 0.6) is 0 Å². The molecule has 4 N–H and O–H groups in total. The molecule has 1 fully saturated rings. The highest BCUT2D eigenvalue weighted by Crippen LogP contribution is 2.44. The summed E-state index contributed by atoms with van der Waals surface area (Å²) < 4.78 is 5.60. The van der Waals surface area contributed by atoms with Gasteiger partial charge in [-0.25, -0.2) is 9.59 Å². The zero-order valence-corrected chi connectivity index (χ0v) is 19.1. The Morgan fingerprint density at radius 3 is 2.26 bits per heavy atom. The third kappa shape index (κ3) is 5.22. The van der Waals surface area contributed by atoms with E-state index in [1.54, 1.807) is 0 Å². The fourth-order valence-corrected chi connectivity index (χ4v) is 4.88. The van der Waals surface area contributed by atoms with E-state index in [9.17, 15) is 19.5 Å². The van der Waals surface area contributed by atoms with Crippen molar-refractivity contribution in [3.8, 4) is 11.1 Å². The van der Waals surface area contributed by atoms with Gasteiger partial charge in [-0.3, -0.25) is 4.79 Å². The molecule has 34 heavy (non-hydrogen) atoms. The van der Waals surface area contributed by atoms with E-state index in [1.165, 1.54) is 11.1 Å². The maximum Gasteiger partial charge on any atom is 0.407 e. The molecule has 8 nitrogen and oxygen atoms in total. The fourth-order valence-electron chi connectivity index (χ4n) is 4.88. The number of hydrogen-bond acceptors (Lipinski definition) is 5. The van der Waals surface area contributed by atoms with E-state index in [2.05, 4.69) is 34.9 Å². The Labute approximate surface area is 198 Å². The first kappa shape index (κ1) is 23.8. The Kier molecular flexibility index (Phi) is 6.88. The smallest absolute Gasteiger partial charge is 0.407 e. The van der Waals surface area contributed by atoms with E-state index in [4.69, 9.17) is 9.84 Å². The molecular weight excluding hydrogens is 436 g/mol. The number of benzene rings is 2. The number of rotatable bonds is 8. The number of carboxylic acids is 1. The van der Waals surface area contributed by atoms with Crippen LogP contribution in [0.3, 0.4) is 0 Å². The van der Waals surface area contributed by atoms with Crippen molar-refractivity contribution >= 4 is 18.0 Å². The maximum atomic E-state index is 12.5. The van der Waals surface area contributed by atoms with Crippen molar-refractivity contribution in [1.29, 1.82) is 0 Å². The molecule has 2 aromatic rings. The summed E-state index contributed by atoms with van der Waals surface area (Å²) in [4.78, 5) is 35.5. The molecule has 0 radical (unpaired) electrons. The second-order valence-corrected chi connectivity index (χ2v) is 9.41. The van der Waals surface area contributed by atoms with Gasteiger partial charge < -0.3 is 25.6 Å². The average Bonchev–Trinajstić information content (AvgIpc) is 3.38. The molecule has 0 aromatic heterocycles. The molecule has 2 aliphatic rings. The molecule has 0 spiro atoms. The predicted octanol–water partition coefficient (Wildman–Crippen LogP) is 3.04. The first-order chi connectivity index (χ1) is 16.2. The first-order valence-corrected chi connectivity index (χ1v) is 11.6. The Bertz CT molecular complexity index is 1040. The molecule has 3 atom stereocenters. The number of amides is 2. The van der Waals surface area contributed by atoms with Crippen molar-refractivity contribution < 1.29 is 29.3 Å². The highest BCUT2D eigenvalue weighted by Gasteiger charge is 2.33. The summed E-state index contributed by atoms with van der Waals surface area (Å²) >= 11 is 0. The van der Waals surface area contributed by atoms with Gasteiger partial charge >= 0.3 is 12.1 Å². The quantitative estimate of drug-likeness (QED) is 0.474. The van der Waals surface area contributed by atoms with E-state index in [0.717, 1.165) is 30.9 Å². The fraction of sp³-hybridized carbons (Fsp3) is 0.423. The van der Waals surface area contributed by atoms with Crippen molar-refractivity contribution in [2.45, 2.75) is 50.2 Å². The normalized spacial score (nSPS) is 20.6. The van der Waals surface area contributed by atoms with Crippen LogP contribution in [0, 0.1) is 5.92 Å². The van der Waals surface area contributed by atoms with Crippen LogP contribution in [0.15, 0.2) is 48.5 Å². The number of alkyl carbamates (subject to hydrolysis) is 1. The van der Waals surface area contributed by atoms with E-state index >= 15 is 0 Å². The summed E-state index contributed by atoms with van der Waals surface area (Å²) in [6.45, 7) is 1.04. The lowest BCUT2D eigenvalue weighted by atomic mass is 9.98. The second-order valence-electron chi connectivity index (χ2n) is 9.41. The standard InChI is InChI=1S/C26H30N2O6/c1-26(33,24(30)31)15-27-23(29)13-16-10-11-17(12-16)28-25(32)34-14-22-20-8-4-2-6-18(20)19-7-3-5-9-21(19)22/h2-9,16-17,22,33H,10-15H2,1H3,(H,27,29)(H,28,32)(H,30,31)/t16-,17+,26?/m1/s1. The monoisotopic (exact) mass is 466 g/mol. The largest absolute Gasteiger partial charge is 0.479 e. The number of hydrogen-bond donors (Lipinski definition) is 4. The van der Waals surface area contributed by atoms with Crippen LogP contribution >= 0.6 is 0 Å². The number of ether oxygens (including phenoxy) is 1. The van der Waals surface area contributed by atoms with Gasteiger partial charge in [-0.15, -0.1) is 0 Å². The number of aliphatic carboxylic acids is 1. The van der Waals surface area contributed by atoms with Gasteiger partial charge in [0.15, 0.2) is 5.60 Å². The van der Waals surface area contributed by atoms with Gasteiger partial charge in [0.25, 0.3) is 0 Å². The predicted molar refractivity (Wildman–Crippen MR) is 125 cm³/mol. The van der Waals surface area contributed by atoms with Gasteiger partial charge in [0, 0.05) is 18.4 Å². The molecular formula is C26H30N2O6. The number of carbonyl (C=O) groups excluding carboxylic acids is 2. The maximum absolute atomic E-state index is 12.5. The molecule has 180 valence electrons. The molecule has 0 aliphatic heterocycles. The van der Waals surface area contributed by atoms with Gasteiger partial charge in [0.2, 0.25) is 5.91 Å². The molecule has 1 unspecified atom stereocenters. The molecule has 0 heterocycles. The van der Waals surface area contributed by atoms with Crippen molar-refractivity contribution in [3.63, 3.8) is 0 Å². The van der Waals surface area contributed by atoms with E-state index < -0.39 is 17.7 Å². The number of carboxylic acid groups (broad SMARTS) is 1. The first-order valence-electron chi connectivity index (χ1n) is 11.6. The second kappa shape index (κ2) is 9.85. The summed E-state index contributed by atoms with van der Waals surface area (Å²) in [7, 11) is 0. The van der Waals surface area contributed by atoms with E-state index in [0.29, 0.717) is 6.42 Å².